The highest BCUT2D eigenvalue weighted by atomic mass is 16.2. The Morgan fingerprint density at radius 3 is 2.48 bits per heavy atom. The molecule has 1 amide bonds. The van der Waals surface area contributed by atoms with Crippen LogP contribution in [0.3, 0.4) is 0 Å². The fourth-order valence-corrected chi connectivity index (χ4v) is 4.24. The first-order valence-electron chi connectivity index (χ1n) is 10.5. The van der Waals surface area contributed by atoms with Crippen LogP contribution in [0.5, 0.6) is 0 Å². The number of benzene rings is 2. The molecule has 2 aromatic carbocycles. The molecule has 0 aliphatic carbocycles. The van der Waals surface area contributed by atoms with Gasteiger partial charge in [-0.3, -0.25) is 9.48 Å². The Balaban J connectivity index is 1.40. The van der Waals surface area contributed by atoms with Gasteiger partial charge in [0.25, 0.3) is 5.91 Å². The van der Waals surface area contributed by atoms with Crippen LogP contribution in [0, 0.1) is 0 Å². The number of aromatic nitrogens is 2. The molecule has 2 heterocycles. The molecule has 0 saturated carbocycles. The Morgan fingerprint density at radius 2 is 1.79 bits per heavy atom. The Morgan fingerprint density at radius 1 is 1.10 bits per heavy atom. The monoisotopic (exact) mass is 390 g/mol. The molecule has 4 rings (SSSR count). The Bertz CT molecular complexity index is 968. The molecule has 1 aliphatic rings. The van der Waals surface area contributed by atoms with Crippen molar-refractivity contribution in [3.05, 3.63) is 65.9 Å². The van der Waals surface area contributed by atoms with Gasteiger partial charge in [0, 0.05) is 43.2 Å². The zero-order valence-corrected chi connectivity index (χ0v) is 17.6. The van der Waals surface area contributed by atoms with Crippen LogP contribution in [0.1, 0.15) is 42.6 Å². The van der Waals surface area contributed by atoms with E-state index in [9.17, 15) is 4.79 Å². The number of piperidine rings is 1. The molecule has 152 valence electrons. The summed E-state index contributed by atoms with van der Waals surface area (Å²) in [5.74, 6) is 0.115. The van der Waals surface area contributed by atoms with Gasteiger partial charge in [-0.05, 0) is 50.5 Å². The van der Waals surface area contributed by atoms with Crippen molar-refractivity contribution in [2.75, 3.05) is 20.1 Å². The first kappa shape index (κ1) is 19.6. The van der Waals surface area contributed by atoms with Gasteiger partial charge >= 0.3 is 0 Å². The Kier molecular flexibility index (Phi) is 5.67. The highest BCUT2D eigenvalue weighted by molar-refractivity contribution is 5.94. The van der Waals surface area contributed by atoms with Crippen molar-refractivity contribution >= 4 is 16.8 Å². The maximum Gasteiger partial charge on any atom is 0.253 e. The zero-order chi connectivity index (χ0) is 20.4. The second-order valence-corrected chi connectivity index (χ2v) is 8.33. The van der Waals surface area contributed by atoms with Crippen LogP contribution in [-0.2, 0) is 6.54 Å². The summed E-state index contributed by atoms with van der Waals surface area (Å²) < 4.78 is 2.00. The molecule has 0 N–H and O–H groups in total. The standard InChI is InChI=1S/C24H30N4O/c1-18(2)27-14-12-22(13-15-27)26(3)24(29)20-10-8-19(9-11-20)17-28-23-7-5-4-6-21(23)16-25-28/h4-11,16,18,22H,12-15,17H2,1-3H3. The van der Waals surface area contributed by atoms with Gasteiger partial charge < -0.3 is 9.80 Å². The van der Waals surface area contributed by atoms with E-state index < -0.39 is 0 Å². The van der Waals surface area contributed by atoms with E-state index in [-0.39, 0.29) is 5.91 Å². The van der Waals surface area contributed by atoms with E-state index in [0.29, 0.717) is 18.6 Å². The summed E-state index contributed by atoms with van der Waals surface area (Å²) in [4.78, 5) is 17.4. The molecule has 0 unspecified atom stereocenters. The number of carbonyl (C=O) groups excluding carboxylic acids is 1. The van der Waals surface area contributed by atoms with Crippen LogP contribution in [0.2, 0.25) is 0 Å². The van der Waals surface area contributed by atoms with Crippen LogP contribution in [0.4, 0.5) is 0 Å². The average Bonchev–Trinajstić information content (AvgIpc) is 3.16. The van der Waals surface area contributed by atoms with E-state index in [2.05, 4.69) is 36.0 Å². The number of nitrogens with zero attached hydrogens (tertiary/aromatic N) is 4. The first-order valence-corrected chi connectivity index (χ1v) is 10.5. The maximum absolute atomic E-state index is 13.0. The lowest BCUT2D eigenvalue weighted by atomic mass is 10.0. The normalized spacial score (nSPS) is 15.9. The van der Waals surface area contributed by atoms with Crippen LogP contribution >= 0.6 is 0 Å². The molecule has 1 saturated heterocycles. The topological polar surface area (TPSA) is 41.4 Å². The van der Waals surface area contributed by atoms with Crippen LogP contribution in [0.25, 0.3) is 10.9 Å². The van der Waals surface area contributed by atoms with E-state index in [4.69, 9.17) is 0 Å². The third-order valence-corrected chi connectivity index (χ3v) is 6.18. The molecule has 1 aliphatic heterocycles. The molecule has 1 fully saturated rings. The second kappa shape index (κ2) is 8.37. The Hall–Kier alpha value is -2.66. The van der Waals surface area contributed by atoms with E-state index in [1.807, 2.05) is 59.2 Å². The zero-order valence-electron chi connectivity index (χ0n) is 17.6. The fourth-order valence-electron chi connectivity index (χ4n) is 4.24. The number of hydrogen-bond donors (Lipinski definition) is 0. The number of likely N-dealkylation sites (tertiary alicyclic amines) is 1. The molecule has 1 aromatic heterocycles. The quantitative estimate of drug-likeness (QED) is 0.660. The minimum absolute atomic E-state index is 0.115. The van der Waals surface area contributed by atoms with E-state index >= 15 is 0 Å². The lowest BCUT2D eigenvalue weighted by molar-refractivity contribution is 0.0615. The summed E-state index contributed by atoms with van der Waals surface area (Å²) in [5, 5.41) is 5.64. The van der Waals surface area contributed by atoms with Gasteiger partial charge in [0.2, 0.25) is 0 Å². The van der Waals surface area contributed by atoms with Crippen molar-refractivity contribution < 1.29 is 4.79 Å². The molecule has 0 radical (unpaired) electrons. The highest BCUT2D eigenvalue weighted by Crippen LogP contribution is 2.20. The van der Waals surface area contributed by atoms with Gasteiger partial charge in [-0.1, -0.05) is 30.3 Å². The number of carbonyl (C=O) groups is 1. The summed E-state index contributed by atoms with van der Waals surface area (Å²) in [5.41, 5.74) is 3.02. The largest absolute Gasteiger partial charge is 0.339 e. The number of para-hydroxylation sites is 1. The first-order chi connectivity index (χ1) is 14.0. The van der Waals surface area contributed by atoms with Crippen LogP contribution < -0.4 is 0 Å². The van der Waals surface area contributed by atoms with Crippen LogP contribution in [-0.4, -0.2) is 57.7 Å². The van der Waals surface area contributed by atoms with Gasteiger partial charge in [-0.15, -0.1) is 0 Å². The molecule has 0 atom stereocenters. The smallest absolute Gasteiger partial charge is 0.253 e. The number of amides is 1. The fraction of sp³-hybridized carbons (Fsp3) is 0.417. The predicted octanol–water partition coefficient (Wildman–Crippen LogP) is 4.03. The van der Waals surface area contributed by atoms with Gasteiger partial charge in [-0.25, -0.2) is 0 Å². The summed E-state index contributed by atoms with van der Waals surface area (Å²) in [7, 11) is 1.95. The lowest BCUT2D eigenvalue weighted by Gasteiger charge is -2.38. The molecular formula is C24H30N4O. The van der Waals surface area contributed by atoms with E-state index in [1.165, 1.54) is 0 Å². The van der Waals surface area contributed by atoms with E-state index in [0.717, 1.165) is 48.0 Å². The minimum Gasteiger partial charge on any atom is -0.339 e. The van der Waals surface area contributed by atoms with Crippen LogP contribution in [0.15, 0.2) is 54.7 Å². The van der Waals surface area contributed by atoms with Crippen molar-refractivity contribution in [3.8, 4) is 0 Å². The summed E-state index contributed by atoms with van der Waals surface area (Å²) in [6, 6.07) is 17.1. The molecule has 5 nitrogen and oxygen atoms in total. The predicted molar refractivity (Wildman–Crippen MR) is 117 cm³/mol. The third-order valence-electron chi connectivity index (χ3n) is 6.18. The molecule has 5 heteroatoms. The minimum atomic E-state index is 0.115. The van der Waals surface area contributed by atoms with Crippen molar-refractivity contribution in [2.45, 2.75) is 45.3 Å². The van der Waals surface area contributed by atoms with Gasteiger partial charge in [0.05, 0.1) is 18.3 Å². The molecule has 0 bridgehead atoms. The third kappa shape index (κ3) is 4.20. The van der Waals surface area contributed by atoms with Crippen molar-refractivity contribution in [1.29, 1.82) is 0 Å². The van der Waals surface area contributed by atoms with E-state index in [1.54, 1.807) is 0 Å². The number of fused-ring (bicyclic) bond motifs is 1. The maximum atomic E-state index is 13.0. The Labute approximate surface area is 172 Å². The molecular weight excluding hydrogens is 360 g/mol. The van der Waals surface area contributed by atoms with Crippen molar-refractivity contribution in [2.24, 2.45) is 0 Å². The SMILES string of the molecule is CC(C)N1CCC(N(C)C(=O)c2ccc(Cn3ncc4ccccc43)cc2)CC1. The number of rotatable bonds is 5. The molecule has 3 aromatic rings. The second-order valence-electron chi connectivity index (χ2n) is 8.33. The highest BCUT2D eigenvalue weighted by Gasteiger charge is 2.26. The summed E-state index contributed by atoms with van der Waals surface area (Å²) >= 11 is 0. The molecule has 0 spiro atoms. The number of hydrogen-bond acceptors (Lipinski definition) is 3. The molecule has 29 heavy (non-hydrogen) atoms. The summed E-state index contributed by atoms with van der Waals surface area (Å²) in [6.07, 6.45) is 3.99. The van der Waals surface area contributed by atoms with Crippen molar-refractivity contribution in [1.82, 2.24) is 19.6 Å². The summed E-state index contributed by atoms with van der Waals surface area (Å²) in [6.45, 7) is 7.31. The van der Waals surface area contributed by atoms with Crippen molar-refractivity contribution in [3.63, 3.8) is 0 Å². The van der Waals surface area contributed by atoms with Gasteiger partial charge in [-0.2, -0.15) is 5.10 Å². The average molecular weight is 391 g/mol. The van der Waals surface area contributed by atoms with Gasteiger partial charge in [0.15, 0.2) is 0 Å². The lowest BCUT2D eigenvalue weighted by Crippen LogP contribution is -2.47. The van der Waals surface area contributed by atoms with Gasteiger partial charge in [0.1, 0.15) is 0 Å².